The predicted octanol–water partition coefficient (Wildman–Crippen LogP) is 2.04. The summed E-state index contributed by atoms with van der Waals surface area (Å²) in [5, 5.41) is 6.71. The lowest BCUT2D eigenvalue weighted by molar-refractivity contribution is 0.252. The van der Waals surface area contributed by atoms with Gasteiger partial charge in [-0.15, -0.1) is 11.3 Å². The minimum atomic E-state index is 1.13. The van der Waals surface area contributed by atoms with Gasteiger partial charge in [0, 0.05) is 37.8 Å². The van der Waals surface area contributed by atoms with Crippen LogP contribution >= 0.6 is 11.3 Å². The standard InChI is InChI=1S/C14H26N4S/c1-2-5-15-6-3-4-8-17-9-11-18(12-10-17)14-16-7-13-19-14/h7,13,15H,2-6,8-12H2,1H3. The van der Waals surface area contributed by atoms with E-state index in [0.717, 1.165) is 19.6 Å². The first-order valence-electron chi connectivity index (χ1n) is 7.47. The quantitative estimate of drug-likeness (QED) is 0.740. The molecule has 1 aromatic heterocycles. The number of thiazole rings is 1. The van der Waals surface area contributed by atoms with Gasteiger partial charge in [0.1, 0.15) is 0 Å². The molecule has 19 heavy (non-hydrogen) atoms. The average Bonchev–Trinajstić information content (AvgIpc) is 2.97. The minimum absolute atomic E-state index is 1.13. The summed E-state index contributed by atoms with van der Waals surface area (Å²) in [6.07, 6.45) is 5.75. The SMILES string of the molecule is CCCNCCCCN1CCN(c2nccs2)CC1. The molecule has 1 aromatic rings. The number of rotatable bonds is 8. The van der Waals surface area contributed by atoms with Crippen molar-refractivity contribution < 1.29 is 0 Å². The van der Waals surface area contributed by atoms with Crippen molar-refractivity contribution in [3.63, 3.8) is 0 Å². The molecular formula is C14H26N4S. The molecule has 0 spiro atoms. The lowest BCUT2D eigenvalue weighted by Crippen LogP contribution is -2.46. The summed E-state index contributed by atoms with van der Waals surface area (Å²) < 4.78 is 0. The maximum absolute atomic E-state index is 4.39. The second kappa shape index (κ2) is 8.51. The van der Waals surface area contributed by atoms with Gasteiger partial charge in [0.05, 0.1) is 0 Å². The van der Waals surface area contributed by atoms with Gasteiger partial charge < -0.3 is 10.2 Å². The molecule has 108 valence electrons. The van der Waals surface area contributed by atoms with Crippen LogP contribution in [0.4, 0.5) is 5.13 Å². The predicted molar refractivity (Wildman–Crippen MR) is 83.2 cm³/mol. The van der Waals surface area contributed by atoms with Gasteiger partial charge in [-0.3, -0.25) is 4.90 Å². The molecule has 5 heteroatoms. The summed E-state index contributed by atoms with van der Waals surface area (Å²) in [6, 6.07) is 0. The molecule has 4 nitrogen and oxygen atoms in total. The van der Waals surface area contributed by atoms with Crippen LogP contribution in [-0.2, 0) is 0 Å². The molecule has 2 heterocycles. The number of anilines is 1. The van der Waals surface area contributed by atoms with E-state index in [4.69, 9.17) is 0 Å². The van der Waals surface area contributed by atoms with Crippen molar-refractivity contribution in [2.45, 2.75) is 26.2 Å². The molecule has 0 atom stereocenters. The van der Waals surface area contributed by atoms with Crippen LogP contribution in [0.15, 0.2) is 11.6 Å². The summed E-state index contributed by atoms with van der Waals surface area (Å²) in [7, 11) is 0. The molecule has 0 bridgehead atoms. The molecule has 0 aromatic carbocycles. The molecule has 1 aliphatic rings. The third-order valence-corrected chi connectivity index (χ3v) is 4.40. The Hall–Kier alpha value is -0.650. The lowest BCUT2D eigenvalue weighted by atomic mass is 10.2. The van der Waals surface area contributed by atoms with E-state index in [1.54, 1.807) is 11.3 Å². The van der Waals surface area contributed by atoms with Gasteiger partial charge in [-0.1, -0.05) is 6.92 Å². The molecule has 2 rings (SSSR count). The van der Waals surface area contributed by atoms with Crippen molar-refractivity contribution in [2.24, 2.45) is 0 Å². The molecule has 1 fully saturated rings. The second-order valence-electron chi connectivity index (χ2n) is 5.10. The molecule has 0 radical (unpaired) electrons. The van der Waals surface area contributed by atoms with Crippen molar-refractivity contribution in [2.75, 3.05) is 50.7 Å². The van der Waals surface area contributed by atoms with Crippen molar-refractivity contribution in [1.29, 1.82) is 0 Å². The van der Waals surface area contributed by atoms with Gasteiger partial charge in [-0.05, 0) is 38.9 Å². The number of aromatic nitrogens is 1. The first-order valence-corrected chi connectivity index (χ1v) is 8.35. The van der Waals surface area contributed by atoms with E-state index in [0.29, 0.717) is 0 Å². The van der Waals surface area contributed by atoms with Gasteiger partial charge in [0.2, 0.25) is 0 Å². The molecule has 1 N–H and O–H groups in total. The van der Waals surface area contributed by atoms with E-state index in [-0.39, 0.29) is 0 Å². The first kappa shape index (κ1) is 14.8. The van der Waals surface area contributed by atoms with E-state index in [1.165, 1.54) is 50.6 Å². The molecule has 0 aliphatic carbocycles. The van der Waals surface area contributed by atoms with Crippen molar-refractivity contribution >= 4 is 16.5 Å². The van der Waals surface area contributed by atoms with Gasteiger partial charge in [0.15, 0.2) is 5.13 Å². The Morgan fingerprint density at radius 1 is 1.21 bits per heavy atom. The first-order chi connectivity index (χ1) is 9.40. The zero-order chi connectivity index (χ0) is 13.3. The van der Waals surface area contributed by atoms with E-state index in [9.17, 15) is 0 Å². The van der Waals surface area contributed by atoms with Crippen LogP contribution in [0.25, 0.3) is 0 Å². The third-order valence-electron chi connectivity index (χ3n) is 3.57. The normalized spacial score (nSPS) is 17.0. The fraction of sp³-hybridized carbons (Fsp3) is 0.786. The summed E-state index contributed by atoms with van der Waals surface area (Å²) in [5.41, 5.74) is 0. The van der Waals surface area contributed by atoms with Gasteiger partial charge >= 0.3 is 0 Å². The van der Waals surface area contributed by atoms with Gasteiger partial charge in [-0.2, -0.15) is 0 Å². The van der Waals surface area contributed by atoms with Crippen LogP contribution in [0.3, 0.4) is 0 Å². The second-order valence-corrected chi connectivity index (χ2v) is 5.97. The Morgan fingerprint density at radius 3 is 2.74 bits per heavy atom. The van der Waals surface area contributed by atoms with Crippen LogP contribution in [-0.4, -0.2) is 55.7 Å². The fourth-order valence-corrected chi connectivity index (χ4v) is 3.12. The third kappa shape index (κ3) is 5.09. The summed E-state index contributed by atoms with van der Waals surface area (Å²) in [4.78, 5) is 9.38. The molecule has 0 amide bonds. The fourth-order valence-electron chi connectivity index (χ4n) is 2.42. The largest absolute Gasteiger partial charge is 0.346 e. The summed E-state index contributed by atoms with van der Waals surface area (Å²) in [5.74, 6) is 0. The monoisotopic (exact) mass is 282 g/mol. The van der Waals surface area contributed by atoms with Crippen LogP contribution in [0.5, 0.6) is 0 Å². The van der Waals surface area contributed by atoms with Crippen molar-refractivity contribution in [3.8, 4) is 0 Å². The lowest BCUT2D eigenvalue weighted by Gasteiger charge is -2.34. The molecule has 1 saturated heterocycles. The van der Waals surface area contributed by atoms with E-state index < -0.39 is 0 Å². The van der Waals surface area contributed by atoms with E-state index in [1.807, 2.05) is 6.20 Å². The average molecular weight is 282 g/mol. The van der Waals surface area contributed by atoms with E-state index >= 15 is 0 Å². The van der Waals surface area contributed by atoms with Crippen molar-refractivity contribution in [3.05, 3.63) is 11.6 Å². The van der Waals surface area contributed by atoms with Crippen molar-refractivity contribution in [1.82, 2.24) is 15.2 Å². The van der Waals surface area contributed by atoms with Crippen LogP contribution in [0, 0.1) is 0 Å². The van der Waals surface area contributed by atoms with Crippen LogP contribution in [0.2, 0.25) is 0 Å². The highest BCUT2D eigenvalue weighted by molar-refractivity contribution is 7.13. The number of unbranched alkanes of at least 4 members (excludes halogenated alkanes) is 1. The number of piperazine rings is 1. The Kier molecular flexibility index (Phi) is 6.61. The highest BCUT2D eigenvalue weighted by Crippen LogP contribution is 2.18. The Balaban J connectivity index is 1.54. The zero-order valence-corrected chi connectivity index (χ0v) is 12.8. The topological polar surface area (TPSA) is 31.4 Å². The Morgan fingerprint density at radius 2 is 2.05 bits per heavy atom. The molecule has 0 saturated carbocycles. The van der Waals surface area contributed by atoms with Gasteiger partial charge in [0.25, 0.3) is 0 Å². The summed E-state index contributed by atoms with van der Waals surface area (Å²) >= 11 is 1.75. The van der Waals surface area contributed by atoms with Crippen LogP contribution < -0.4 is 10.2 Å². The number of nitrogens with zero attached hydrogens (tertiary/aromatic N) is 3. The highest BCUT2D eigenvalue weighted by Gasteiger charge is 2.17. The molecule has 0 unspecified atom stereocenters. The molecular weight excluding hydrogens is 256 g/mol. The van der Waals surface area contributed by atoms with Crippen LogP contribution in [0.1, 0.15) is 26.2 Å². The number of hydrogen-bond donors (Lipinski definition) is 1. The maximum atomic E-state index is 4.39. The molecule has 1 aliphatic heterocycles. The highest BCUT2D eigenvalue weighted by atomic mass is 32.1. The minimum Gasteiger partial charge on any atom is -0.346 e. The summed E-state index contributed by atoms with van der Waals surface area (Å²) in [6.45, 7) is 10.4. The zero-order valence-electron chi connectivity index (χ0n) is 12.0. The van der Waals surface area contributed by atoms with Gasteiger partial charge in [-0.25, -0.2) is 4.98 Å². The Bertz CT molecular complexity index is 320. The Labute approximate surface area is 120 Å². The maximum Gasteiger partial charge on any atom is 0.185 e. The smallest absolute Gasteiger partial charge is 0.185 e. The number of nitrogens with one attached hydrogen (secondary N) is 1. The number of hydrogen-bond acceptors (Lipinski definition) is 5. The van der Waals surface area contributed by atoms with E-state index in [2.05, 4.69) is 32.4 Å².